The van der Waals surface area contributed by atoms with Gasteiger partial charge in [0.25, 0.3) is 0 Å². The van der Waals surface area contributed by atoms with E-state index < -0.39 is 52.9 Å². The van der Waals surface area contributed by atoms with Crippen LogP contribution < -0.4 is 5.73 Å². The molecule has 132 valence electrons. The number of rotatable bonds is 4. The predicted molar refractivity (Wildman–Crippen MR) is 68.8 cm³/mol. The Morgan fingerprint density at radius 1 is 1.09 bits per heavy atom. The monoisotopic (exact) mass is 347 g/mol. The average molecular weight is 347 g/mol. The SMILES string of the molecule is CCC(C)[C@H](O)[C@H](N)c1c(F)cc(C(F)(F)F)cc1C(F)(F)F. The first kappa shape index (κ1) is 19.7. The van der Waals surface area contributed by atoms with Crippen molar-refractivity contribution < 1.29 is 35.8 Å². The van der Waals surface area contributed by atoms with Crippen molar-refractivity contribution in [3.8, 4) is 0 Å². The van der Waals surface area contributed by atoms with E-state index in [4.69, 9.17) is 5.73 Å². The van der Waals surface area contributed by atoms with Gasteiger partial charge in [0.2, 0.25) is 0 Å². The molecule has 1 aromatic carbocycles. The molecular weight excluding hydrogens is 331 g/mol. The number of nitrogens with two attached hydrogens (primary N) is 1. The van der Waals surface area contributed by atoms with Gasteiger partial charge in [-0.25, -0.2) is 4.39 Å². The summed E-state index contributed by atoms with van der Waals surface area (Å²) in [6, 6.07) is -2.04. The third-order valence-electron chi connectivity index (χ3n) is 3.69. The molecule has 0 spiro atoms. The van der Waals surface area contributed by atoms with E-state index >= 15 is 0 Å². The van der Waals surface area contributed by atoms with Crippen molar-refractivity contribution >= 4 is 0 Å². The minimum Gasteiger partial charge on any atom is -0.391 e. The number of halogens is 7. The van der Waals surface area contributed by atoms with Crippen LogP contribution in [-0.2, 0) is 12.4 Å². The lowest BCUT2D eigenvalue weighted by Gasteiger charge is -2.27. The molecule has 0 amide bonds. The Morgan fingerprint density at radius 2 is 1.61 bits per heavy atom. The molecular formula is C14H16F7NO. The van der Waals surface area contributed by atoms with Crippen LogP contribution in [0.25, 0.3) is 0 Å². The van der Waals surface area contributed by atoms with Gasteiger partial charge in [-0.05, 0) is 18.1 Å². The fraction of sp³-hybridized carbons (Fsp3) is 0.571. The van der Waals surface area contributed by atoms with Gasteiger partial charge in [0.15, 0.2) is 0 Å². The molecule has 0 saturated carbocycles. The zero-order chi connectivity index (χ0) is 18.2. The van der Waals surface area contributed by atoms with Gasteiger partial charge in [-0.2, -0.15) is 26.3 Å². The second kappa shape index (κ2) is 6.64. The number of alkyl halides is 6. The smallest absolute Gasteiger partial charge is 0.391 e. The first-order valence-electron chi connectivity index (χ1n) is 6.72. The summed E-state index contributed by atoms with van der Waals surface area (Å²) in [7, 11) is 0. The molecule has 0 aliphatic heterocycles. The highest BCUT2D eigenvalue weighted by molar-refractivity contribution is 5.39. The van der Waals surface area contributed by atoms with Gasteiger partial charge >= 0.3 is 12.4 Å². The summed E-state index contributed by atoms with van der Waals surface area (Å²) in [6.45, 7) is 3.12. The Morgan fingerprint density at radius 3 is 2.00 bits per heavy atom. The number of hydrogen-bond acceptors (Lipinski definition) is 2. The van der Waals surface area contributed by atoms with Crippen LogP contribution >= 0.6 is 0 Å². The summed E-state index contributed by atoms with van der Waals surface area (Å²) in [5, 5.41) is 9.90. The molecule has 3 atom stereocenters. The van der Waals surface area contributed by atoms with Crippen LogP contribution in [0, 0.1) is 11.7 Å². The molecule has 2 nitrogen and oxygen atoms in total. The van der Waals surface area contributed by atoms with Gasteiger partial charge in [-0.1, -0.05) is 20.3 Å². The van der Waals surface area contributed by atoms with Crippen LogP contribution in [0.3, 0.4) is 0 Å². The van der Waals surface area contributed by atoms with Gasteiger partial charge in [-0.15, -0.1) is 0 Å². The molecule has 0 aliphatic rings. The van der Waals surface area contributed by atoms with Crippen molar-refractivity contribution in [3.63, 3.8) is 0 Å². The number of aliphatic hydroxyl groups is 1. The topological polar surface area (TPSA) is 46.2 Å². The Kier molecular flexibility index (Phi) is 5.69. The fourth-order valence-corrected chi connectivity index (χ4v) is 2.12. The molecule has 23 heavy (non-hydrogen) atoms. The summed E-state index contributed by atoms with van der Waals surface area (Å²) in [4.78, 5) is 0. The third-order valence-corrected chi connectivity index (χ3v) is 3.69. The molecule has 1 rings (SSSR count). The van der Waals surface area contributed by atoms with Crippen LogP contribution in [0.5, 0.6) is 0 Å². The number of benzene rings is 1. The first-order valence-corrected chi connectivity index (χ1v) is 6.72. The average Bonchev–Trinajstić information content (AvgIpc) is 2.42. The molecule has 9 heteroatoms. The maximum absolute atomic E-state index is 14.0. The molecule has 0 aromatic heterocycles. The summed E-state index contributed by atoms with van der Waals surface area (Å²) >= 11 is 0. The zero-order valence-corrected chi connectivity index (χ0v) is 12.3. The highest BCUT2D eigenvalue weighted by Gasteiger charge is 2.42. The van der Waals surface area contributed by atoms with Crippen LogP contribution in [0.1, 0.15) is 43.0 Å². The van der Waals surface area contributed by atoms with Gasteiger partial charge < -0.3 is 10.8 Å². The van der Waals surface area contributed by atoms with Crippen molar-refractivity contribution in [2.75, 3.05) is 0 Å². The van der Waals surface area contributed by atoms with E-state index in [0.717, 1.165) is 0 Å². The summed E-state index contributed by atoms with van der Waals surface area (Å²) in [6.07, 6.45) is -11.6. The van der Waals surface area contributed by atoms with Crippen molar-refractivity contribution in [1.82, 2.24) is 0 Å². The predicted octanol–water partition coefficient (Wildman–Crippen LogP) is 4.27. The Bertz CT molecular complexity index is 553. The minimum absolute atomic E-state index is 0.0479. The lowest BCUT2D eigenvalue weighted by atomic mass is 9.88. The van der Waals surface area contributed by atoms with Crippen molar-refractivity contribution in [2.24, 2.45) is 11.7 Å². The van der Waals surface area contributed by atoms with E-state index in [1.165, 1.54) is 6.92 Å². The van der Waals surface area contributed by atoms with E-state index in [1.54, 1.807) is 6.92 Å². The second-order valence-electron chi connectivity index (χ2n) is 5.32. The zero-order valence-electron chi connectivity index (χ0n) is 12.3. The third kappa shape index (κ3) is 4.35. The lowest BCUT2D eigenvalue weighted by Crippen LogP contribution is -2.34. The Labute approximate surface area is 128 Å². The molecule has 1 unspecified atom stereocenters. The number of hydrogen-bond donors (Lipinski definition) is 2. The molecule has 3 N–H and O–H groups in total. The van der Waals surface area contributed by atoms with Crippen molar-refractivity contribution in [3.05, 3.63) is 34.6 Å². The molecule has 0 bridgehead atoms. The van der Waals surface area contributed by atoms with Crippen molar-refractivity contribution in [2.45, 2.75) is 44.8 Å². The lowest BCUT2D eigenvalue weighted by molar-refractivity contribution is -0.144. The second-order valence-corrected chi connectivity index (χ2v) is 5.32. The first-order chi connectivity index (χ1) is 10.3. The highest BCUT2D eigenvalue weighted by atomic mass is 19.4. The minimum atomic E-state index is -5.25. The van der Waals surface area contributed by atoms with E-state index in [-0.39, 0.29) is 12.1 Å². The van der Waals surface area contributed by atoms with Gasteiger partial charge in [0.05, 0.1) is 23.3 Å². The summed E-state index contributed by atoms with van der Waals surface area (Å²) < 4.78 is 90.8. The van der Waals surface area contributed by atoms with Crippen LogP contribution in [0.4, 0.5) is 30.7 Å². The van der Waals surface area contributed by atoms with Gasteiger partial charge in [0.1, 0.15) is 5.82 Å². The summed E-state index contributed by atoms with van der Waals surface area (Å²) in [5.41, 5.74) is 0.732. The van der Waals surface area contributed by atoms with Gasteiger partial charge in [-0.3, -0.25) is 0 Å². The van der Waals surface area contributed by atoms with Crippen LogP contribution in [0.15, 0.2) is 12.1 Å². The quantitative estimate of drug-likeness (QED) is 0.799. The molecule has 1 aromatic rings. The molecule has 0 aliphatic carbocycles. The van der Waals surface area contributed by atoms with Crippen molar-refractivity contribution in [1.29, 1.82) is 0 Å². The van der Waals surface area contributed by atoms with E-state index in [1.807, 2.05) is 0 Å². The van der Waals surface area contributed by atoms with Crippen LogP contribution in [-0.4, -0.2) is 11.2 Å². The molecule has 0 saturated heterocycles. The van der Waals surface area contributed by atoms with Gasteiger partial charge in [0, 0.05) is 5.56 Å². The largest absolute Gasteiger partial charge is 0.416 e. The normalized spacial score (nSPS) is 17.0. The van der Waals surface area contributed by atoms with E-state index in [0.29, 0.717) is 6.42 Å². The Balaban J connectivity index is 3.53. The van der Waals surface area contributed by atoms with Crippen LogP contribution in [0.2, 0.25) is 0 Å². The number of aliphatic hydroxyl groups excluding tert-OH is 1. The maximum Gasteiger partial charge on any atom is 0.416 e. The molecule has 0 heterocycles. The highest BCUT2D eigenvalue weighted by Crippen LogP contribution is 2.41. The Hall–Kier alpha value is -1.35. The molecule has 0 radical (unpaired) electrons. The van der Waals surface area contributed by atoms with E-state index in [2.05, 4.69) is 0 Å². The maximum atomic E-state index is 14.0. The standard InChI is InChI=1S/C14H16F7NO/c1-3-6(2)12(23)11(22)10-8(14(19,20)21)4-7(5-9(10)15)13(16,17)18/h4-6,11-12,23H,3,22H2,1-2H3/t6?,11-,12+/m1/s1. The van der Waals surface area contributed by atoms with E-state index in [9.17, 15) is 35.8 Å². The summed E-state index contributed by atoms with van der Waals surface area (Å²) in [5.74, 6) is -2.31. The fourth-order valence-electron chi connectivity index (χ4n) is 2.12. The molecule has 0 fully saturated rings.